The summed E-state index contributed by atoms with van der Waals surface area (Å²) in [5, 5.41) is 2.88. The van der Waals surface area contributed by atoms with Crippen LogP contribution in [0.25, 0.3) is 11.0 Å². The van der Waals surface area contributed by atoms with E-state index in [9.17, 15) is 9.59 Å². The number of hydrogen-bond donors (Lipinski definition) is 1. The molecule has 7 heteroatoms. The van der Waals surface area contributed by atoms with Crippen LogP contribution in [0.2, 0.25) is 0 Å². The van der Waals surface area contributed by atoms with Gasteiger partial charge in [0.05, 0.1) is 30.4 Å². The van der Waals surface area contributed by atoms with Crippen LogP contribution in [0.15, 0.2) is 48.8 Å². The second-order valence-electron chi connectivity index (χ2n) is 6.69. The van der Waals surface area contributed by atoms with Crippen LogP contribution >= 0.6 is 0 Å². The highest BCUT2D eigenvalue weighted by Crippen LogP contribution is 2.23. The van der Waals surface area contributed by atoms with Gasteiger partial charge in [-0.25, -0.2) is 4.98 Å². The van der Waals surface area contributed by atoms with E-state index in [-0.39, 0.29) is 17.7 Å². The minimum Gasteiger partial charge on any atom is -0.497 e. The number of nitrogens with zero attached hydrogens (tertiary/aromatic N) is 3. The van der Waals surface area contributed by atoms with Crippen molar-refractivity contribution in [3.63, 3.8) is 0 Å². The predicted octanol–water partition coefficient (Wildman–Crippen LogP) is 2.29. The van der Waals surface area contributed by atoms with Crippen molar-refractivity contribution in [1.82, 2.24) is 14.5 Å². The highest BCUT2D eigenvalue weighted by molar-refractivity contribution is 6.00. The van der Waals surface area contributed by atoms with E-state index in [0.717, 1.165) is 11.0 Å². The Bertz CT molecular complexity index is 1020. The van der Waals surface area contributed by atoms with E-state index in [1.54, 1.807) is 36.5 Å². The molecule has 1 aliphatic rings. The molecule has 0 saturated carbocycles. The molecular weight excluding hydrogens is 344 g/mol. The average Bonchev–Trinajstić information content (AvgIpc) is 3.01. The topological polar surface area (TPSA) is 76.5 Å². The summed E-state index contributed by atoms with van der Waals surface area (Å²) >= 11 is 0. The van der Waals surface area contributed by atoms with E-state index in [2.05, 4.69) is 10.3 Å². The molecule has 1 aliphatic heterocycles. The first-order valence-electron chi connectivity index (χ1n) is 8.70. The van der Waals surface area contributed by atoms with Gasteiger partial charge in [-0.2, -0.15) is 0 Å². The number of aryl methyl sites for hydroxylation is 1. The number of carbonyl (C=O) groups is 2. The van der Waals surface area contributed by atoms with Gasteiger partial charge >= 0.3 is 0 Å². The number of aromatic nitrogens is 2. The van der Waals surface area contributed by atoms with E-state index >= 15 is 0 Å². The first kappa shape index (κ1) is 17.1. The van der Waals surface area contributed by atoms with Gasteiger partial charge in [0.2, 0.25) is 5.91 Å². The Kier molecular flexibility index (Phi) is 4.27. The van der Waals surface area contributed by atoms with Crippen molar-refractivity contribution < 1.29 is 14.3 Å². The summed E-state index contributed by atoms with van der Waals surface area (Å²) < 4.78 is 7.06. The number of hydrogen-bond acceptors (Lipinski definition) is 4. The number of likely N-dealkylation sites (tertiary alicyclic amines) is 1. The molecule has 1 N–H and O–H groups in total. The van der Waals surface area contributed by atoms with Crippen LogP contribution in [0.5, 0.6) is 5.75 Å². The maximum absolute atomic E-state index is 12.6. The smallest absolute Gasteiger partial charge is 0.253 e. The lowest BCUT2D eigenvalue weighted by Crippen LogP contribution is -2.54. The van der Waals surface area contributed by atoms with Gasteiger partial charge < -0.3 is 19.5 Å². The maximum atomic E-state index is 12.6. The van der Waals surface area contributed by atoms with Gasteiger partial charge in [0.1, 0.15) is 5.75 Å². The Morgan fingerprint density at radius 2 is 2.00 bits per heavy atom. The molecular formula is C20H20N4O3. The van der Waals surface area contributed by atoms with Gasteiger partial charge in [0, 0.05) is 37.5 Å². The van der Waals surface area contributed by atoms with Crippen molar-refractivity contribution in [2.45, 2.75) is 0 Å². The van der Waals surface area contributed by atoms with Crippen LogP contribution in [0.4, 0.5) is 5.69 Å². The van der Waals surface area contributed by atoms with Crippen molar-refractivity contribution in [1.29, 1.82) is 0 Å². The average molecular weight is 364 g/mol. The molecule has 138 valence electrons. The van der Waals surface area contributed by atoms with Crippen LogP contribution < -0.4 is 10.1 Å². The second kappa shape index (κ2) is 6.75. The maximum Gasteiger partial charge on any atom is 0.253 e. The Morgan fingerprint density at radius 3 is 2.78 bits per heavy atom. The SMILES string of the molecule is COc1cccc(NC(=O)C2CN(C(=O)c3ccc4c(c3)ncn4C)C2)c1. The van der Waals surface area contributed by atoms with Gasteiger partial charge in [-0.05, 0) is 30.3 Å². The molecule has 2 heterocycles. The van der Waals surface area contributed by atoms with Gasteiger partial charge in [-0.1, -0.05) is 6.07 Å². The minimum absolute atomic E-state index is 0.0759. The zero-order valence-electron chi connectivity index (χ0n) is 15.2. The highest BCUT2D eigenvalue weighted by atomic mass is 16.5. The Morgan fingerprint density at radius 1 is 1.19 bits per heavy atom. The zero-order chi connectivity index (χ0) is 19.0. The number of carbonyl (C=O) groups excluding carboxylic acids is 2. The third kappa shape index (κ3) is 3.23. The zero-order valence-corrected chi connectivity index (χ0v) is 15.2. The van der Waals surface area contributed by atoms with E-state index in [0.29, 0.717) is 30.1 Å². The Hall–Kier alpha value is -3.35. The predicted molar refractivity (Wildman–Crippen MR) is 102 cm³/mol. The van der Waals surface area contributed by atoms with Gasteiger partial charge in [0.25, 0.3) is 5.91 Å². The first-order chi connectivity index (χ1) is 13.0. The lowest BCUT2D eigenvalue weighted by Gasteiger charge is -2.38. The van der Waals surface area contributed by atoms with Crippen molar-refractivity contribution in [2.75, 3.05) is 25.5 Å². The normalized spacial score (nSPS) is 14.1. The Balaban J connectivity index is 1.37. The molecule has 0 aliphatic carbocycles. The molecule has 4 rings (SSSR count). The quantitative estimate of drug-likeness (QED) is 0.771. The molecule has 1 saturated heterocycles. The molecule has 2 amide bonds. The number of methoxy groups -OCH3 is 1. The number of anilines is 1. The summed E-state index contributed by atoms with van der Waals surface area (Å²) in [6.45, 7) is 0.823. The van der Waals surface area contributed by atoms with Gasteiger partial charge in [-0.15, -0.1) is 0 Å². The molecule has 0 bridgehead atoms. The molecule has 3 aromatic rings. The summed E-state index contributed by atoms with van der Waals surface area (Å²) in [5.41, 5.74) is 3.04. The van der Waals surface area contributed by atoms with Crippen LogP contribution in [-0.4, -0.2) is 46.5 Å². The lowest BCUT2D eigenvalue weighted by atomic mass is 9.97. The summed E-state index contributed by atoms with van der Waals surface area (Å²) in [4.78, 5) is 31.0. The second-order valence-corrected chi connectivity index (χ2v) is 6.69. The molecule has 2 aromatic carbocycles. The number of nitrogens with one attached hydrogen (secondary N) is 1. The van der Waals surface area contributed by atoms with Crippen molar-refractivity contribution >= 4 is 28.5 Å². The van der Waals surface area contributed by atoms with Crippen LogP contribution in [0.1, 0.15) is 10.4 Å². The number of benzene rings is 2. The molecule has 0 spiro atoms. The largest absolute Gasteiger partial charge is 0.497 e. The fraction of sp³-hybridized carbons (Fsp3) is 0.250. The third-order valence-corrected chi connectivity index (χ3v) is 4.85. The van der Waals surface area contributed by atoms with E-state index in [1.807, 2.05) is 35.9 Å². The molecule has 27 heavy (non-hydrogen) atoms. The number of ether oxygens (including phenoxy) is 1. The van der Waals surface area contributed by atoms with Crippen LogP contribution in [0.3, 0.4) is 0 Å². The molecule has 1 fully saturated rings. The molecule has 1 aromatic heterocycles. The van der Waals surface area contributed by atoms with Gasteiger partial charge in [-0.3, -0.25) is 9.59 Å². The first-order valence-corrected chi connectivity index (χ1v) is 8.70. The monoisotopic (exact) mass is 364 g/mol. The van der Waals surface area contributed by atoms with E-state index in [4.69, 9.17) is 4.74 Å². The number of rotatable bonds is 4. The Labute approximate surface area is 156 Å². The van der Waals surface area contributed by atoms with Crippen molar-refractivity contribution in [2.24, 2.45) is 13.0 Å². The molecule has 0 radical (unpaired) electrons. The molecule has 0 atom stereocenters. The molecule has 7 nitrogen and oxygen atoms in total. The molecule has 0 unspecified atom stereocenters. The third-order valence-electron chi connectivity index (χ3n) is 4.85. The van der Waals surface area contributed by atoms with Crippen LogP contribution in [-0.2, 0) is 11.8 Å². The van der Waals surface area contributed by atoms with E-state index < -0.39 is 0 Å². The number of imidazole rings is 1. The highest BCUT2D eigenvalue weighted by Gasteiger charge is 2.36. The number of amides is 2. The van der Waals surface area contributed by atoms with Gasteiger partial charge in [0.15, 0.2) is 0 Å². The summed E-state index contributed by atoms with van der Waals surface area (Å²) in [5.74, 6) is 0.308. The standard InChI is InChI=1S/C20H20N4O3/c1-23-12-21-17-8-13(6-7-18(17)23)20(26)24-10-14(11-24)19(25)22-15-4-3-5-16(9-15)27-2/h3-9,12,14H,10-11H2,1-2H3,(H,22,25). The summed E-state index contributed by atoms with van der Waals surface area (Å²) in [6, 6.07) is 12.7. The van der Waals surface area contributed by atoms with E-state index in [1.165, 1.54) is 0 Å². The lowest BCUT2D eigenvalue weighted by molar-refractivity contribution is -0.123. The van der Waals surface area contributed by atoms with Crippen molar-refractivity contribution in [3.05, 3.63) is 54.4 Å². The van der Waals surface area contributed by atoms with Crippen molar-refractivity contribution in [3.8, 4) is 5.75 Å². The number of fused-ring (bicyclic) bond motifs is 1. The fourth-order valence-corrected chi connectivity index (χ4v) is 3.21. The fourth-order valence-electron chi connectivity index (χ4n) is 3.21. The van der Waals surface area contributed by atoms with Crippen LogP contribution in [0, 0.1) is 5.92 Å². The minimum atomic E-state index is -0.210. The summed E-state index contributed by atoms with van der Waals surface area (Å²) in [6.07, 6.45) is 1.72. The summed E-state index contributed by atoms with van der Waals surface area (Å²) in [7, 11) is 3.50.